The Labute approximate surface area is 214 Å². The molecule has 0 aliphatic heterocycles. The maximum atomic E-state index is 12.7. The Balaban J connectivity index is 1.32. The van der Waals surface area contributed by atoms with E-state index in [0.29, 0.717) is 32.2 Å². The van der Waals surface area contributed by atoms with E-state index >= 15 is 0 Å². The highest BCUT2D eigenvalue weighted by molar-refractivity contribution is 7.99. The number of aliphatic imine (C=N–C) groups is 1. The molecule has 0 bridgehead atoms. The van der Waals surface area contributed by atoms with Crippen molar-refractivity contribution in [2.24, 2.45) is 12.0 Å². The molecule has 6 aromatic rings. The summed E-state index contributed by atoms with van der Waals surface area (Å²) in [6.07, 6.45) is 1.58. The van der Waals surface area contributed by atoms with Crippen LogP contribution in [0.25, 0.3) is 32.8 Å². The van der Waals surface area contributed by atoms with Crippen LogP contribution in [0.1, 0.15) is 5.56 Å². The number of fused-ring (bicyclic) bond motifs is 4. The molecular formula is C28H18N4O4S. The lowest BCUT2D eigenvalue weighted by Crippen LogP contribution is -2.19. The van der Waals surface area contributed by atoms with E-state index in [1.807, 2.05) is 42.5 Å². The number of benzene rings is 4. The summed E-state index contributed by atoms with van der Waals surface area (Å²) < 4.78 is 7.32. The van der Waals surface area contributed by atoms with Gasteiger partial charge in [0, 0.05) is 36.2 Å². The number of hydrogen-bond acceptors (Lipinski definition) is 7. The highest BCUT2D eigenvalue weighted by atomic mass is 32.2. The zero-order valence-electron chi connectivity index (χ0n) is 19.5. The van der Waals surface area contributed by atoms with Crippen LogP contribution in [0.5, 0.6) is 0 Å². The average molecular weight is 507 g/mol. The number of furan rings is 1. The van der Waals surface area contributed by atoms with Crippen molar-refractivity contribution in [3.63, 3.8) is 0 Å². The zero-order chi connectivity index (χ0) is 25.5. The van der Waals surface area contributed by atoms with Crippen LogP contribution in [0.3, 0.4) is 0 Å². The van der Waals surface area contributed by atoms with Crippen molar-refractivity contribution >= 4 is 62.2 Å². The van der Waals surface area contributed by atoms with Crippen molar-refractivity contribution in [3.8, 4) is 0 Å². The van der Waals surface area contributed by atoms with Crippen LogP contribution in [0.2, 0.25) is 0 Å². The maximum Gasteiger partial charge on any atom is 0.283 e. The molecule has 180 valence electrons. The van der Waals surface area contributed by atoms with Gasteiger partial charge in [-0.1, -0.05) is 36.4 Å². The summed E-state index contributed by atoms with van der Waals surface area (Å²) >= 11 is 1.08. The molecule has 0 saturated carbocycles. The molecule has 0 saturated heterocycles. The van der Waals surface area contributed by atoms with Crippen LogP contribution in [0, 0.1) is 10.1 Å². The fraction of sp³-hybridized carbons (Fsp3) is 0.0357. The van der Waals surface area contributed by atoms with Crippen LogP contribution < -0.4 is 5.56 Å². The first kappa shape index (κ1) is 22.7. The second-order valence-electron chi connectivity index (χ2n) is 8.40. The molecule has 0 unspecified atom stereocenters. The SMILES string of the molecule is Cn1c(Sc2ccc(C=Nc3ccc4c(c3)oc3ccccc34)cc2[N+](=O)[O-])nc2ccccc2c1=O. The third-order valence-corrected chi connectivity index (χ3v) is 7.16. The summed E-state index contributed by atoms with van der Waals surface area (Å²) in [6.45, 7) is 0. The van der Waals surface area contributed by atoms with Crippen LogP contribution >= 0.6 is 11.8 Å². The van der Waals surface area contributed by atoms with E-state index in [4.69, 9.17) is 4.42 Å². The number of aromatic nitrogens is 2. The van der Waals surface area contributed by atoms with Crippen molar-refractivity contribution in [2.45, 2.75) is 10.1 Å². The molecule has 0 amide bonds. The molecule has 0 radical (unpaired) electrons. The van der Waals surface area contributed by atoms with E-state index in [1.165, 1.54) is 10.6 Å². The van der Waals surface area contributed by atoms with Gasteiger partial charge in [0.05, 0.1) is 26.4 Å². The Morgan fingerprint density at radius 1 is 0.946 bits per heavy atom. The minimum atomic E-state index is -0.445. The maximum absolute atomic E-state index is 12.7. The Morgan fingerprint density at radius 3 is 2.54 bits per heavy atom. The molecule has 0 aliphatic rings. The number of para-hydroxylation sites is 2. The highest BCUT2D eigenvalue weighted by Gasteiger charge is 2.18. The van der Waals surface area contributed by atoms with Gasteiger partial charge in [-0.3, -0.25) is 24.5 Å². The first-order chi connectivity index (χ1) is 18.0. The molecule has 0 N–H and O–H groups in total. The molecule has 0 atom stereocenters. The first-order valence-electron chi connectivity index (χ1n) is 11.4. The van der Waals surface area contributed by atoms with E-state index < -0.39 is 4.92 Å². The van der Waals surface area contributed by atoms with E-state index in [9.17, 15) is 14.9 Å². The summed E-state index contributed by atoms with van der Waals surface area (Å²) in [5.41, 5.74) is 3.01. The topological polar surface area (TPSA) is 104 Å². The molecule has 2 heterocycles. The second kappa shape index (κ2) is 9.03. The van der Waals surface area contributed by atoms with Crippen molar-refractivity contribution in [3.05, 3.63) is 111 Å². The van der Waals surface area contributed by atoms with Gasteiger partial charge < -0.3 is 4.42 Å². The van der Waals surface area contributed by atoms with Gasteiger partial charge in [0.2, 0.25) is 0 Å². The highest BCUT2D eigenvalue weighted by Crippen LogP contribution is 2.35. The van der Waals surface area contributed by atoms with Crippen molar-refractivity contribution in [1.82, 2.24) is 9.55 Å². The molecule has 37 heavy (non-hydrogen) atoms. The van der Waals surface area contributed by atoms with Crippen molar-refractivity contribution in [1.29, 1.82) is 0 Å². The Kier molecular flexibility index (Phi) is 5.54. The number of nitro benzene ring substituents is 1. The predicted octanol–water partition coefficient (Wildman–Crippen LogP) is 6.64. The van der Waals surface area contributed by atoms with E-state index in [0.717, 1.165) is 33.7 Å². The molecule has 0 spiro atoms. The standard InChI is InChI=1S/C28H18N4O4S/c1-31-27(33)21-7-2-4-8-22(21)30-28(31)37-26-13-10-17(14-23(26)32(34)35)16-29-18-11-12-20-19-6-3-5-9-24(19)36-25(20)15-18/h2-16H,1H3. The van der Waals surface area contributed by atoms with E-state index in [1.54, 1.807) is 49.7 Å². The Hall–Kier alpha value is -4.76. The summed E-state index contributed by atoms with van der Waals surface area (Å²) in [5.74, 6) is 0. The molecule has 4 aromatic carbocycles. The first-order valence-corrected chi connectivity index (χ1v) is 12.2. The lowest BCUT2D eigenvalue weighted by Gasteiger charge is -2.09. The molecule has 9 heteroatoms. The monoisotopic (exact) mass is 506 g/mol. The summed E-state index contributed by atoms with van der Waals surface area (Å²) in [5, 5.41) is 14.8. The van der Waals surface area contributed by atoms with Crippen LogP contribution in [0.4, 0.5) is 11.4 Å². The van der Waals surface area contributed by atoms with Crippen molar-refractivity contribution in [2.75, 3.05) is 0 Å². The summed E-state index contributed by atoms with van der Waals surface area (Å²) in [7, 11) is 1.61. The van der Waals surface area contributed by atoms with Crippen LogP contribution in [-0.4, -0.2) is 20.7 Å². The summed E-state index contributed by atoms with van der Waals surface area (Å²) in [6, 6.07) is 25.4. The number of hydrogen-bond donors (Lipinski definition) is 0. The molecule has 6 rings (SSSR count). The number of nitrogens with zero attached hydrogens (tertiary/aromatic N) is 4. The number of rotatable bonds is 5. The van der Waals surface area contributed by atoms with Crippen LogP contribution in [0.15, 0.2) is 109 Å². The fourth-order valence-electron chi connectivity index (χ4n) is 4.17. The molecule has 0 fully saturated rings. The van der Waals surface area contributed by atoms with Gasteiger partial charge in [-0.15, -0.1) is 0 Å². The fourth-order valence-corrected chi connectivity index (χ4v) is 5.11. The van der Waals surface area contributed by atoms with E-state index in [-0.39, 0.29) is 11.2 Å². The normalized spacial score (nSPS) is 11.7. The lowest BCUT2D eigenvalue weighted by atomic mass is 10.1. The molecule has 8 nitrogen and oxygen atoms in total. The minimum Gasteiger partial charge on any atom is -0.456 e. The largest absolute Gasteiger partial charge is 0.456 e. The molecule has 2 aromatic heterocycles. The van der Waals surface area contributed by atoms with Gasteiger partial charge in [0.1, 0.15) is 11.2 Å². The van der Waals surface area contributed by atoms with Gasteiger partial charge in [0.15, 0.2) is 5.16 Å². The summed E-state index contributed by atoms with van der Waals surface area (Å²) in [4.78, 5) is 33.6. The number of nitro groups is 1. The van der Waals surface area contributed by atoms with E-state index in [2.05, 4.69) is 9.98 Å². The third-order valence-electron chi connectivity index (χ3n) is 6.05. The second-order valence-corrected chi connectivity index (χ2v) is 9.41. The average Bonchev–Trinajstić information content (AvgIpc) is 3.28. The lowest BCUT2D eigenvalue weighted by molar-refractivity contribution is -0.387. The molecular weight excluding hydrogens is 488 g/mol. The van der Waals surface area contributed by atoms with Crippen LogP contribution in [-0.2, 0) is 7.05 Å². The smallest absolute Gasteiger partial charge is 0.283 e. The zero-order valence-corrected chi connectivity index (χ0v) is 20.3. The van der Waals surface area contributed by atoms with Gasteiger partial charge in [-0.2, -0.15) is 0 Å². The Morgan fingerprint density at radius 2 is 1.70 bits per heavy atom. The van der Waals surface area contributed by atoms with Gasteiger partial charge in [-0.05, 0) is 53.7 Å². The van der Waals surface area contributed by atoms with Gasteiger partial charge in [-0.25, -0.2) is 4.98 Å². The minimum absolute atomic E-state index is 0.0934. The van der Waals surface area contributed by atoms with Crippen molar-refractivity contribution < 1.29 is 9.34 Å². The third kappa shape index (κ3) is 4.15. The molecule has 0 aliphatic carbocycles. The Bertz CT molecular complexity index is 1940. The quantitative estimate of drug-likeness (QED) is 0.112. The predicted molar refractivity (Wildman–Crippen MR) is 145 cm³/mol. The van der Waals surface area contributed by atoms with Gasteiger partial charge in [0.25, 0.3) is 11.2 Å². The van der Waals surface area contributed by atoms with Gasteiger partial charge >= 0.3 is 0 Å².